The zero-order valence-electron chi connectivity index (χ0n) is 10.9. The lowest BCUT2D eigenvalue weighted by atomic mass is 10.1. The number of piperazine rings is 1. The van der Waals surface area contributed by atoms with Gasteiger partial charge in [0.25, 0.3) is 5.91 Å². The molecule has 2 heterocycles. The van der Waals surface area contributed by atoms with Gasteiger partial charge in [0.05, 0.1) is 5.56 Å². The van der Waals surface area contributed by atoms with E-state index in [1.807, 2.05) is 4.90 Å². The molecule has 5 nitrogen and oxygen atoms in total. The van der Waals surface area contributed by atoms with Gasteiger partial charge in [0.15, 0.2) is 0 Å². The van der Waals surface area contributed by atoms with E-state index < -0.39 is 5.82 Å². The number of carbonyl (C=O) groups is 2. The summed E-state index contributed by atoms with van der Waals surface area (Å²) in [6, 6.07) is 3.45. The Bertz CT molecular complexity index is 576. The number of benzene rings is 1. The Kier molecular flexibility index (Phi) is 3.08. The number of halogens is 1. The molecular formula is C14H15FN2O3. The summed E-state index contributed by atoms with van der Waals surface area (Å²) in [5.74, 6) is -1.10. The van der Waals surface area contributed by atoms with Crippen LogP contribution in [0.25, 0.3) is 0 Å². The van der Waals surface area contributed by atoms with Crippen molar-refractivity contribution in [3.63, 3.8) is 0 Å². The Morgan fingerprint density at radius 1 is 1.35 bits per heavy atom. The molecule has 1 aromatic rings. The molecule has 0 spiro atoms. The second-order valence-electron chi connectivity index (χ2n) is 5.19. The van der Waals surface area contributed by atoms with Gasteiger partial charge in [-0.2, -0.15) is 0 Å². The van der Waals surface area contributed by atoms with Gasteiger partial charge in [0.1, 0.15) is 11.6 Å². The van der Waals surface area contributed by atoms with Crippen LogP contribution in [0.1, 0.15) is 23.2 Å². The van der Waals surface area contributed by atoms with Crippen molar-refractivity contribution in [1.82, 2.24) is 9.80 Å². The van der Waals surface area contributed by atoms with Crippen LogP contribution in [0.5, 0.6) is 5.75 Å². The molecule has 1 N–H and O–H groups in total. The van der Waals surface area contributed by atoms with Crippen molar-refractivity contribution in [1.29, 1.82) is 0 Å². The van der Waals surface area contributed by atoms with Crippen LogP contribution >= 0.6 is 0 Å². The zero-order chi connectivity index (χ0) is 14.3. The molecule has 2 amide bonds. The van der Waals surface area contributed by atoms with Crippen molar-refractivity contribution in [2.75, 3.05) is 19.6 Å². The molecule has 2 fully saturated rings. The van der Waals surface area contributed by atoms with Gasteiger partial charge in [0, 0.05) is 38.2 Å². The first-order chi connectivity index (χ1) is 9.56. The highest BCUT2D eigenvalue weighted by Crippen LogP contribution is 2.26. The molecule has 1 atom stereocenters. The molecule has 0 aliphatic carbocycles. The van der Waals surface area contributed by atoms with Gasteiger partial charge < -0.3 is 14.9 Å². The van der Waals surface area contributed by atoms with E-state index in [9.17, 15) is 19.1 Å². The molecule has 0 saturated carbocycles. The van der Waals surface area contributed by atoms with Crippen molar-refractivity contribution in [3.8, 4) is 5.75 Å². The number of amides is 2. The maximum absolute atomic E-state index is 12.9. The quantitative estimate of drug-likeness (QED) is 0.833. The summed E-state index contributed by atoms with van der Waals surface area (Å²) in [5.41, 5.74) is 0.101. The number of carbonyl (C=O) groups excluding carboxylic acids is 2. The fraction of sp³-hybridized carbons (Fsp3) is 0.429. The predicted octanol–water partition coefficient (Wildman–Crippen LogP) is 0.978. The average molecular weight is 278 g/mol. The third-order valence-corrected chi connectivity index (χ3v) is 3.97. The molecule has 0 aromatic heterocycles. The largest absolute Gasteiger partial charge is 0.507 e. The third kappa shape index (κ3) is 2.11. The van der Waals surface area contributed by atoms with Gasteiger partial charge >= 0.3 is 0 Å². The summed E-state index contributed by atoms with van der Waals surface area (Å²) in [5, 5.41) is 9.67. The van der Waals surface area contributed by atoms with E-state index in [1.165, 1.54) is 6.07 Å². The Morgan fingerprint density at radius 3 is 2.90 bits per heavy atom. The fourth-order valence-corrected chi connectivity index (χ4v) is 2.90. The number of phenolic OH excluding ortho intramolecular Hbond substituents is 1. The van der Waals surface area contributed by atoms with Crippen molar-refractivity contribution < 1.29 is 19.1 Å². The van der Waals surface area contributed by atoms with Crippen LogP contribution in [0.2, 0.25) is 0 Å². The summed E-state index contributed by atoms with van der Waals surface area (Å²) in [7, 11) is 0. The number of fused-ring (bicyclic) bond motifs is 1. The van der Waals surface area contributed by atoms with E-state index in [1.54, 1.807) is 4.90 Å². The van der Waals surface area contributed by atoms with E-state index in [2.05, 4.69) is 0 Å². The molecule has 20 heavy (non-hydrogen) atoms. The number of phenols is 1. The van der Waals surface area contributed by atoms with Gasteiger partial charge in [-0.25, -0.2) is 4.39 Å². The first-order valence-corrected chi connectivity index (χ1v) is 6.63. The first-order valence-electron chi connectivity index (χ1n) is 6.63. The van der Waals surface area contributed by atoms with Crippen molar-refractivity contribution in [3.05, 3.63) is 29.6 Å². The molecule has 1 unspecified atom stereocenters. The van der Waals surface area contributed by atoms with Gasteiger partial charge in [-0.15, -0.1) is 0 Å². The molecule has 2 saturated heterocycles. The molecular weight excluding hydrogens is 263 g/mol. The van der Waals surface area contributed by atoms with Crippen molar-refractivity contribution >= 4 is 11.8 Å². The van der Waals surface area contributed by atoms with Gasteiger partial charge in [-0.3, -0.25) is 9.59 Å². The smallest absolute Gasteiger partial charge is 0.257 e. The second kappa shape index (κ2) is 4.77. The minimum Gasteiger partial charge on any atom is -0.507 e. The van der Waals surface area contributed by atoms with Crippen LogP contribution < -0.4 is 0 Å². The van der Waals surface area contributed by atoms with Crippen LogP contribution in [-0.4, -0.2) is 52.4 Å². The van der Waals surface area contributed by atoms with E-state index in [-0.39, 0.29) is 29.2 Å². The highest BCUT2D eigenvalue weighted by molar-refractivity contribution is 5.97. The Labute approximate surface area is 115 Å². The van der Waals surface area contributed by atoms with E-state index in [0.29, 0.717) is 26.1 Å². The molecule has 1 aromatic carbocycles. The lowest BCUT2D eigenvalue weighted by molar-refractivity contribution is -0.130. The maximum atomic E-state index is 12.9. The van der Waals surface area contributed by atoms with Gasteiger partial charge in [0.2, 0.25) is 5.91 Å². The molecule has 0 radical (unpaired) electrons. The van der Waals surface area contributed by atoms with Crippen LogP contribution in [0.4, 0.5) is 4.39 Å². The summed E-state index contributed by atoms with van der Waals surface area (Å²) >= 11 is 0. The fourth-order valence-electron chi connectivity index (χ4n) is 2.90. The number of hydrogen-bond acceptors (Lipinski definition) is 3. The van der Waals surface area contributed by atoms with Crippen LogP contribution in [-0.2, 0) is 4.79 Å². The Balaban J connectivity index is 1.77. The van der Waals surface area contributed by atoms with E-state index in [4.69, 9.17) is 0 Å². The number of hydrogen-bond donors (Lipinski definition) is 1. The van der Waals surface area contributed by atoms with Gasteiger partial charge in [-0.05, 0) is 18.6 Å². The normalized spacial score (nSPS) is 22.1. The lowest BCUT2D eigenvalue weighted by Gasteiger charge is -2.37. The second-order valence-corrected chi connectivity index (χ2v) is 5.19. The predicted molar refractivity (Wildman–Crippen MR) is 68.7 cm³/mol. The average Bonchev–Trinajstić information content (AvgIpc) is 2.79. The molecule has 6 heteroatoms. The summed E-state index contributed by atoms with van der Waals surface area (Å²) in [6.45, 7) is 1.44. The van der Waals surface area contributed by atoms with E-state index >= 15 is 0 Å². The minimum atomic E-state index is -0.578. The molecule has 106 valence electrons. The highest BCUT2D eigenvalue weighted by Gasteiger charge is 2.37. The minimum absolute atomic E-state index is 0.0720. The topological polar surface area (TPSA) is 60.9 Å². The standard InChI is InChI=1S/C14H15FN2O3/c15-9-1-3-11(12(18)7-9)14(20)16-5-6-17-10(8-16)2-4-13(17)19/h1,3,7,10,18H,2,4-6,8H2. The molecule has 0 bridgehead atoms. The van der Waals surface area contributed by atoms with Crippen molar-refractivity contribution in [2.45, 2.75) is 18.9 Å². The molecule has 2 aliphatic rings. The summed E-state index contributed by atoms with van der Waals surface area (Å²) in [4.78, 5) is 27.4. The Hall–Kier alpha value is -2.11. The van der Waals surface area contributed by atoms with Gasteiger partial charge in [-0.1, -0.05) is 0 Å². The highest BCUT2D eigenvalue weighted by atomic mass is 19.1. The van der Waals surface area contributed by atoms with Crippen LogP contribution in [0.15, 0.2) is 18.2 Å². The molecule has 2 aliphatic heterocycles. The zero-order valence-corrected chi connectivity index (χ0v) is 10.9. The number of rotatable bonds is 1. The summed E-state index contributed by atoms with van der Waals surface area (Å²) < 4.78 is 12.9. The van der Waals surface area contributed by atoms with Crippen LogP contribution in [0, 0.1) is 5.82 Å². The monoisotopic (exact) mass is 278 g/mol. The Morgan fingerprint density at radius 2 is 2.15 bits per heavy atom. The number of nitrogens with zero attached hydrogens (tertiary/aromatic N) is 2. The first kappa shape index (κ1) is 12.9. The number of aromatic hydroxyl groups is 1. The van der Waals surface area contributed by atoms with Crippen LogP contribution in [0.3, 0.4) is 0 Å². The summed E-state index contributed by atoms with van der Waals surface area (Å²) in [6.07, 6.45) is 1.30. The SMILES string of the molecule is O=C(c1ccc(F)cc1O)N1CCN2C(=O)CCC2C1. The lowest BCUT2D eigenvalue weighted by Crippen LogP contribution is -2.53. The maximum Gasteiger partial charge on any atom is 0.257 e. The molecule has 3 rings (SSSR count). The van der Waals surface area contributed by atoms with E-state index in [0.717, 1.165) is 18.6 Å². The van der Waals surface area contributed by atoms with Crippen molar-refractivity contribution in [2.24, 2.45) is 0 Å². The third-order valence-electron chi connectivity index (χ3n) is 3.97.